The molecule has 0 saturated heterocycles. The second-order valence-corrected chi connectivity index (χ2v) is 9.12. The third-order valence-corrected chi connectivity index (χ3v) is 6.78. The zero-order chi connectivity index (χ0) is 21.4. The minimum absolute atomic E-state index is 0.0168. The molecule has 0 bridgehead atoms. The molecule has 4 rings (SSSR count). The number of amides is 1. The van der Waals surface area contributed by atoms with Crippen LogP contribution in [0.4, 0.5) is 0 Å². The first-order valence-electron chi connectivity index (χ1n) is 8.99. The molecule has 0 saturated carbocycles. The van der Waals surface area contributed by atoms with E-state index in [0.29, 0.717) is 49.4 Å². The van der Waals surface area contributed by atoms with Gasteiger partial charge < -0.3 is 14.6 Å². The van der Waals surface area contributed by atoms with Crippen LogP contribution in [-0.2, 0) is 17.8 Å². The fourth-order valence-electron chi connectivity index (χ4n) is 3.34. The summed E-state index contributed by atoms with van der Waals surface area (Å²) in [6, 6.07) is 11.1. The van der Waals surface area contributed by atoms with Gasteiger partial charge in [-0.1, -0.05) is 22.0 Å². The molecule has 0 atom stereocenters. The molecule has 1 N–H and O–H groups in total. The topological polar surface area (TPSA) is 73.0 Å². The first-order chi connectivity index (χ1) is 14.4. The molecule has 1 amide bonds. The highest BCUT2D eigenvalue weighted by Gasteiger charge is 2.25. The largest absolute Gasteiger partial charge is 0.493 e. The highest BCUT2D eigenvalue weighted by molar-refractivity contribution is 9.10. The molecule has 2 aromatic carbocycles. The van der Waals surface area contributed by atoms with Crippen molar-refractivity contribution in [3.63, 3.8) is 0 Å². The van der Waals surface area contributed by atoms with Crippen molar-refractivity contribution < 1.29 is 19.4 Å². The molecule has 0 spiro atoms. The van der Waals surface area contributed by atoms with Gasteiger partial charge in [0.05, 0.1) is 25.1 Å². The number of aromatic nitrogens is 1. The van der Waals surface area contributed by atoms with E-state index in [1.54, 1.807) is 24.9 Å². The fraction of sp³-hybridized carbons (Fsp3) is 0.190. The van der Waals surface area contributed by atoms with Crippen LogP contribution in [0.25, 0.3) is 5.57 Å². The SMILES string of the molecule is COc1ccc(CCn2c(O)c(C3=c4cc(Br)ccc4=NC3=O)sc2=S)cc1OC. The summed E-state index contributed by atoms with van der Waals surface area (Å²) in [7, 11) is 3.18. The number of rotatable bonds is 6. The zero-order valence-corrected chi connectivity index (χ0v) is 19.4. The number of fused-ring (bicyclic) bond motifs is 1. The number of hydrogen-bond donors (Lipinski definition) is 1. The zero-order valence-electron chi connectivity index (χ0n) is 16.1. The molecule has 1 aliphatic heterocycles. The van der Waals surface area contributed by atoms with E-state index in [0.717, 1.165) is 10.0 Å². The number of halogens is 1. The number of methoxy groups -OCH3 is 2. The van der Waals surface area contributed by atoms with E-state index in [4.69, 9.17) is 21.7 Å². The Morgan fingerprint density at radius 2 is 1.93 bits per heavy atom. The van der Waals surface area contributed by atoms with Crippen LogP contribution >= 0.6 is 39.5 Å². The quantitative estimate of drug-likeness (QED) is 0.521. The number of hydrogen-bond acceptors (Lipinski definition) is 6. The third-order valence-electron chi connectivity index (χ3n) is 4.83. The Labute approximate surface area is 189 Å². The number of carbonyl (C=O) groups excluding carboxylic acids is 1. The third kappa shape index (κ3) is 3.68. The summed E-state index contributed by atoms with van der Waals surface area (Å²) in [5.74, 6) is 0.909. The van der Waals surface area contributed by atoms with E-state index < -0.39 is 0 Å². The van der Waals surface area contributed by atoms with E-state index in [-0.39, 0.29) is 11.8 Å². The van der Waals surface area contributed by atoms with E-state index >= 15 is 0 Å². The van der Waals surface area contributed by atoms with Gasteiger partial charge in [0, 0.05) is 16.2 Å². The molecule has 2 heterocycles. The average molecular weight is 505 g/mol. The van der Waals surface area contributed by atoms with Crippen molar-refractivity contribution in [2.45, 2.75) is 13.0 Å². The lowest BCUT2D eigenvalue weighted by atomic mass is 10.1. The number of ether oxygens (including phenoxy) is 2. The summed E-state index contributed by atoms with van der Waals surface area (Å²) in [5.41, 5.74) is 1.39. The van der Waals surface area contributed by atoms with Crippen molar-refractivity contribution in [2.24, 2.45) is 4.99 Å². The number of nitrogens with zero attached hydrogens (tertiary/aromatic N) is 2. The molecule has 154 valence electrons. The molecule has 0 unspecified atom stereocenters. The van der Waals surface area contributed by atoms with Crippen molar-refractivity contribution in [3.8, 4) is 17.4 Å². The lowest BCUT2D eigenvalue weighted by Gasteiger charge is -2.10. The average Bonchev–Trinajstić information content (AvgIpc) is 3.20. The van der Waals surface area contributed by atoms with Crippen molar-refractivity contribution in [1.82, 2.24) is 4.57 Å². The summed E-state index contributed by atoms with van der Waals surface area (Å²) in [4.78, 5) is 17.1. The van der Waals surface area contributed by atoms with Gasteiger partial charge in [0.15, 0.2) is 15.5 Å². The molecular formula is C21H17BrN2O4S2. The van der Waals surface area contributed by atoms with Gasteiger partial charge in [0.25, 0.3) is 5.91 Å². The van der Waals surface area contributed by atoms with Gasteiger partial charge >= 0.3 is 0 Å². The predicted molar refractivity (Wildman–Crippen MR) is 120 cm³/mol. The summed E-state index contributed by atoms with van der Waals surface area (Å²) < 4.78 is 13.6. The van der Waals surface area contributed by atoms with Gasteiger partial charge in [0.2, 0.25) is 5.88 Å². The summed E-state index contributed by atoms with van der Waals surface area (Å²) in [6.45, 7) is 0.459. The number of aryl methyl sites for hydroxylation is 1. The highest BCUT2D eigenvalue weighted by Crippen LogP contribution is 2.33. The van der Waals surface area contributed by atoms with Crippen LogP contribution in [0.5, 0.6) is 17.4 Å². The molecule has 30 heavy (non-hydrogen) atoms. The molecule has 6 nitrogen and oxygen atoms in total. The first kappa shape index (κ1) is 20.8. The van der Waals surface area contributed by atoms with Crippen LogP contribution in [0.2, 0.25) is 0 Å². The molecule has 3 aromatic rings. The second kappa shape index (κ2) is 8.33. The number of benzene rings is 2. The maximum atomic E-state index is 12.5. The molecule has 1 aromatic heterocycles. The molecule has 0 radical (unpaired) electrons. The summed E-state index contributed by atoms with van der Waals surface area (Å²) in [6.07, 6.45) is 0.619. The monoisotopic (exact) mass is 504 g/mol. The van der Waals surface area contributed by atoms with Gasteiger partial charge in [-0.3, -0.25) is 9.36 Å². The number of thiazole rings is 1. The summed E-state index contributed by atoms with van der Waals surface area (Å²) in [5, 5.41) is 12.2. The van der Waals surface area contributed by atoms with Crippen LogP contribution < -0.4 is 20.0 Å². The first-order valence-corrected chi connectivity index (χ1v) is 11.0. The van der Waals surface area contributed by atoms with Crippen molar-refractivity contribution >= 4 is 51.0 Å². The fourth-order valence-corrected chi connectivity index (χ4v) is 5.09. The lowest BCUT2D eigenvalue weighted by Crippen LogP contribution is -2.22. The maximum absolute atomic E-state index is 12.5. The molecule has 0 fully saturated rings. The highest BCUT2D eigenvalue weighted by atomic mass is 79.9. The number of carbonyl (C=O) groups is 1. The van der Waals surface area contributed by atoms with Crippen LogP contribution in [0.3, 0.4) is 0 Å². The van der Waals surface area contributed by atoms with E-state index in [2.05, 4.69) is 20.9 Å². The van der Waals surface area contributed by atoms with Crippen molar-refractivity contribution in [1.29, 1.82) is 0 Å². The number of aromatic hydroxyl groups is 1. The Bertz CT molecular complexity index is 1340. The van der Waals surface area contributed by atoms with E-state index in [1.165, 1.54) is 11.3 Å². The Kier molecular flexibility index (Phi) is 5.77. The Hall–Kier alpha value is -2.49. The molecule has 1 aliphatic rings. The molecule has 9 heteroatoms. The van der Waals surface area contributed by atoms with Crippen LogP contribution in [0.15, 0.2) is 45.9 Å². The second-order valence-electron chi connectivity index (χ2n) is 6.57. The van der Waals surface area contributed by atoms with E-state index in [9.17, 15) is 9.90 Å². The van der Waals surface area contributed by atoms with Gasteiger partial charge in [-0.05, 0) is 54.5 Å². The molecule has 0 aliphatic carbocycles. The van der Waals surface area contributed by atoms with Crippen LogP contribution in [0, 0.1) is 3.95 Å². The standard InChI is InChI=1S/C21H17BrN2O4S2/c1-27-15-6-3-11(9-16(15)28-2)7-8-24-20(26)18(30-21(24)29)17-13-10-12(22)4-5-14(13)23-19(17)25/h3-6,9-10,26H,7-8H2,1-2H3. The van der Waals surface area contributed by atoms with Gasteiger partial charge in [-0.15, -0.1) is 11.3 Å². The minimum atomic E-state index is -0.373. The van der Waals surface area contributed by atoms with Crippen molar-refractivity contribution in [2.75, 3.05) is 14.2 Å². The lowest BCUT2D eigenvalue weighted by molar-refractivity contribution is -0.112. The summed E-state index contributed by atoms with van der Waals surface area (Å²) >= 11 is 10.1. The molecular weight excluding hydrogens is 488 g/mol. The van der Waals surface area contributed by atoms with Gasteiger partial charge in [0.1, 0.15) is 4.88 Å². The normalized spacial score (nSPS) is 12.6. The Morgan fingerprint density at radius 1 is 1.17 bits per heavy atom. The van der Waals surface area contributed by atoms with Crippen LogP contribution in [-0.4, -0.2) is 29.8 Å². The Morgan fingerprint density at radius 3 is 2.67 bits per heavy atom. The van der Waals surface area contributed by atoms with E-state index in [1.807, 2.05) is 30.3 Å². The maximum Gasteiger partial charge on any atom is 0.279 e. The Balaban J connectivity index is 1.69. The van der Waals surface area contributed by atoms with Gasteiger partial charge in [-0.2, -0.15) is 0 Å². The minimum Gasteiger partial charge on any atom is -0.493 e. The smallest absolute Gasteiger partial charge is 0.279 e. The van der Waals surface area contributed by atoms with Gasteiger partial charge in [-0.25, -0.2) is 4.99 Å². The van der Waals surface area contributed by atoms with Crippen LogP contribution in [0.1, 0.15) is 10.4 Å². The predicted octanol–water partition coefficient (Wildman–Crippen LogP) is 3.37. The van der Waals surface area contributed by atoms with Crippen molar-refractivity contribution in [3.05, 3.63) is 65.8 Å².